The number of ether oxygens (including phenoxy) is 1. The highest BCUT2D eigenvalue weighted by molar-refractivity contribution is 7.16. The zero-order valence-electron chi connectivity index (χ0n) is 14.1. The number of methoxy groups -OCH3 is 1. The van der Waals surface area contributed by atoms with Gasteiger partial charge in [0.25, 0.3) is 0 Å². The molecule has 0 saturated heterocycles. The van der Waals surface area contributed by atoms with Gasteiger partial charge in [0.15, 0.2) is 0 Å². The number of benzene rings is 1. The summed E-state index contributed by atoms with van der Waals surface area (Å²) in [7, 11) is 1.55. The van der Waals surface area contributed by atoms with Crippen LogP contribution in [0.3, 0.4) is 0 Å². The lowest BCUT2D eigenvalue weighted by atomic mass is 10.2. The molecule has 0 unspecified atom stereocenters. The summed E-state index contributed by atoms with van der Waals surface area (Å²) in [4.78, 5) is 15.8. The van der Waals surface area contributed by atoms with Crippen LogP contribution in [-0.2, 0) is 11.3 Å². The van der Waals surface area contributed by atoms with Crippen LogP contribution >= 0.6 is 34.5 Å². The Kier molecular flexibility index (Phi) is 7.32. The fourth-order valence-electron chi connectivity index (χ4n) is 2.34. The van der Waals surface area contributed by atoms with Crippen LogP contribution in [0.4, 0.5) is 5.69 Å². The van der Waals surface area contributed by atoms with E-state index in [1.807, 2.05) is 24.0 Å². The average molecular weight is 399 g/mol. The van der Waals surface area contributed by atoms with Crippen molar-refractivity contribution in [3.63, 3.8) is 0 Å². The molecular formula is C18H20Cl2N2O2S. The summed E-state index contributed by atoms with van der Waals surface area (Å²) in [5, 5.41) is 3.41. The Hall–Kier alpha value is -1.53. The van der Waals surface area contributed by atoms with E-state index in [2.05, 4.69) is 11.9 Å². The van der Waals surface area contributed by atoms with Crippen molar-refractivity contribution >= 4 is 46.1 Å². The predicted octanol–water partition coefficient (Wildman–Crippen LogP) is 5.08. The second kappa shape index (κ2) is 9.25. The Morgan fingerprint density at radius 1 is 1.40 bits per heavy atom. The van der Waals surface area contributed by atoms with E-state index in [4.69, 9.17) is 27.9 Å². The van der Waals surface area contributed by atoms with Gasteiger partial charge < -0.3 is 10.1 Å². The third kappa shape index (κ3) is 5.47. The van der Waals surface area contributed by atoms with Gasteiger partial charge in [0.1, 0.15) is 5.75 Å². The number of rotatable bonds is 8. The Bertz CT molecular complexity index is 748. The molecule has 1 amide bonds. The van der Waals surface area contributed by atoms with Crippen LogP contribution in [-0.4, -0.2) is 30.5 Å². The molecule has 2 rings (SSSR count). The Morgan fingerprint density at radius 3 is 2.76 bits per heavy atom. The number of hydrogen-bond donors (Lipinski definition) is 1. The lowest BCUT2D eigenvalue weighted by molar-refractivity contribution is -0.120. The van der Waals surface area contributed by atoms with Gasteiger partial charge in [0, 0.05) is 23.0 Å². The first-order valence-electron chi connectivity index (χ1n) is 7.68. The summed E-state index contributed by atoms with van der Waals surface area (Å²) in [6.07, 6.45) is 1.78. The quantitative estimate of drug-likeness (QED) is 0.630. The van der Waals surface area contributed by atoms with Crippen LogP contribution in [0.2, 0.25) is 9.36 Å². The highest BCUT2D eigenvalue weighted by atomic mass is 35.5. The summed E-state index contributed by atoms with van der Waals surface area (Å²) in [6.45, 7) is 6.83. The van der Waals surface area contributed by atoms with Crippen molar-refractivity contribution < 1.29 is 9.53 Å². The molecule has 0 radical (unpaired) electrons. The highest BCUT2D eigenvalue weighted by Gasteiger charge is 2.22. The maximum Gasteiger partial charge on any atom is 0.241 e. The van der Waals surface area contributed by atoms with E-state index in [1.54, 1.807) is 31.4 Å². The lowest BCUT2D eigenvalue weighted by Gasteiger charge is -2.26. The number of carbonyl (C=O) groups excluding carboxylic acids is 1. The standard InChI is InChI=1S/C18H20Cl2N2O2S/c1-4-9-22(11-14-6-8-17(20)25-14)12(2)18(23)21-15-10-13(19)5-7-16(15)24-3/h4-8,10,12H,1,9,11H2,2-3H3,(H,21,23)/t12-/m1/s1. The Morgan fingerprint density at radius 2 is 2.16 bits per heavy atom. The van der Waals surface area contributed by atoms with Gasteiger partial charge in [-0.25, -0.2) is 0 Å². The first-order chi connectivity index (χ1) is 11.9. The van der Waals surface area contributed by atoms with Crippen molar-refractivity contribution in [3.05, 3.63) is 57.2 Å². The molecule has 1 atom stereocenters. The van der Waals surface area contributed by atoms with Gasteiger partial charge in [-0.2, -0.15) is 0 Å². The Labute approximate surface area is 162 Å². The number of carbonyl (C=O) groups is 1. The van der Waals surface area contributed by atoms with Crippen LogP contribution < -0.4 is 10.1 Å². The van der Waals surface area contributed by atoms with Crippen molar-refractivity contribution in [1.29, 1.82) is 0 Å². The predicted molar refractivity (Wildman–Crippen MR) is 106 cm³/mol. The molecule has 1 aromatic carbocycles. The topological polar surface area (TPSA) is 41.6 Å². The summed E-state index contributed by atoms with van der Waals surface area (Å²) < 4.78 is 6.00. The molecule has 4 nitrogen and oxygen atoms in total. The van der Waals surface area contributed by atoms with Gasteiger partial charge in [-0.1, -0.05) is 29.3 Å². The molecule has 1 aromatic heterocycles. The van der Waals surface area contributed by atoms with E-state index in [9.17, 15) is 4.79 Å². The molecule has 134 valence electrons. The summed E-state index contributed by atoms with van der Waals surface area (Å²) in [5.41, 5.74) is 0.546. The molecule has 0 aliphatic carbocycles. The van der Waals surface area contributed by atoms with Crippen LogP contribution in [0.5, 0.6) is 5.75 Å². The summed E-state index contributed by atoms with van der Waals surface area (Å²) >= 11 is 13.5. The molecule has 1 N–H and O–H groups in total. The van der Waals surface area contributed by atoms with E-state index < -0.39 is 0 Å². The number of hydrogen-bond acceptors (Lipinski definition) is 4. The second-order valence-corrected chi connectivity index (χ2v) is 7.67. The van der Waals surface area contributed by atoms with Gasteiger partial charge >= 0.3 is 0 Å². The number of nitrogens with one attached hydrogen (secondary N) is 1. The monoisotopic (exact) mass is 398 g/mol. The van der Waals surface area contributed by atoms with E-state index in [0.29, 0.717) is 29.5 Å². The molecule has 0 bridgehead atoms. The molecule has 0 spiro atoms. The number of halogens is 2. The minimum atomic E-state index is -0.373. The highest BCUT2D eigenvalue weighted by Crippen LogP contribution is 2.28. The van der Waals surface area contributed by atoms with Crippen molar-refractivity contribution in [1.82, 2.24) is 4.90 Å². The third-order valence-electron chi connectivity index (χ3n) is 3.70. The number of amides is 1. The SMILES string of the molecule is C=CCN(Cc1ccc(Cl)s1)[C@H](C)C(=O)Nc1cc(Cl)ccc1OC. The van der Waals surface area contributed by atoms with E-state index >= 15 is 0 Å². The number of thiophene rings is 1. The maximum atomic E-state index is 12.7. The molecule has 7 heteroatoms. The summed E-state index contributed by atoms with van der Waals surface area (Å²) in [5.74, 6) is 0.412. The number of nitrogens with zero attached hydrogens (tertiary/aromatic N) is 1. The molecular weight excluding hydrogens is 379 g/mol. The first-order valence-corrected chi connectivity index (χ1v) is 9.25. The largest absolute Gasteiger partial charge is 0.495 e. The van der Waals surface area contributed by atoms with Crippen LogP contribution in [0.1, 0.15) is 11.8 Å². The Balaban J connectivity index is 2.12. The van der Waals surface area contributed by atoms with Crippen molar-refractivity contribution in [3.8, 4) is 5.75 Å². The van der Waals surface area contributed by atoms with Crippen molar-refractivity contribution in [2.24, 2.45) is 0 Å². The second-order valence-electron chi connectivity index (χ2n) is 5.43. The van der Waals surface area contributed by atoms with E-state index in [1.165, 1.54) is 11.3 Å². The van der Waals surface area contributed by atoms with Gasteiger partial charge in [-0.3, -0.25) is 9.69 Å². The van der Waals surface area contributed by atoms with Gasteiger partial charge in [-0.05, 0) is 37.3 Å². The van der Waals surface area contributed by atoms with Crippen LogP contribution in [0, 0.1) is 0 Å². The van der Waals surface area contributed by atoms with Crippen molar-refractivity contribution in [2.75, 3.05) is 19.0 Å². The fraction of sp³-hybridized carbons (Fsp3) is 0.278. The fourth-order valence-corrected chi connectivity index (χ4v) is 3.63. The molecule has 0 saturated carbocycles. The third-order valence-corrected chi connectivity index (χ3v) is 5.15. The summed E-state index contributed by atoms with van der Waals surface area (Å²) in [6, 6.07) is 8.55. The minimum Gasteiger partial charge on any atom is -0.495 e. The van der Waals surface area contributed by atoms with Gasteiger partial charge in [-0.15, -0.1) is 17.9 Å². The van der Waals surface area contributed by atoms with Crippen LogP contribution in [0.15, 0.2) is 43.0 Å². The van der Waals surface area contributed by atoms with E-state index in [0.717, 1.165) is 9.21 Å². The lowest BCUT2D eigenvalue weighted by Crippen LogP contribution is -2.41. The molecule has 25 heavy (non-hydrogen) atoms. The van der Waals surface area contributed by atoms with E-state index in [-0.39, 0.29) is 11.9 Å². The maximum absolute atomic E-state index is 12.7. The number of anilines is 1. The van der Waals surface area contributed by atoms with Crippen LogP contribution in [0.25, 0.3) is 0 Å². The molecule has 1 heterocycles. The zero-order valence-corrected chi connectivity index (χ0v) is 16.4. The molecule has 2 aromatic rings. The zero-order chi connectivity index (χ0) is 18.4. The minimum absolute atomic E-state index is 0.148. The van der Waals surface area contributed by atoms with Crippen molar-refractivity contribution in [2.45, 2.75) is 19.5 Å². The average Bonchev–Trinajstić information content (AvgIpc) is 2.99. The molecule has 0 aliphatic rings. The van der Waals surface area contributed by atoms with Gasteiger partial charge in [0.2, 0.25) is 5.91 Å². The smallest absolute Gasteiger partial charge is 0.241 e. The normalized spacial score (nSPS) is 12.0. The molecule has 0 fully saturated rings. The molecule has 0 aliphatic heterocycles. The first kappa shape index (κ1) is 19.8. The van der Waals surface area contributed by atoms with Gasteiger partial charge in [0.05, 0.1) is 23.2 Å².